The SMILES string of the molecule is CC1(CNc2ccc([N+](=O)[O-])c(N)c2)CCCO1. The van der Waals surface area contributed by atoms with Gasteiger partial charge in [0.05, 0.1) is 10.5 Å². The number of nitro groups is 1. The van der Waals surface area contributed by atoms with E-state index in [1.165, 1.54) is 6.07 Å². The molecule has 3 N–H and O–H groups in total. The van der Waals surface area contributed by atoms with E-state index in [1.807, 2.05) is 0 Å². The van der Waals surface area contributed by atoms with Crippen LogP contribution in [0.1, 0.15) is 19.8 Å². The van der Waals surface area contributed by atoms with E-state index in [1.54, 1.807) is 12.1 Å². The molecular formula is C12H17N3O3. The van der Waals surface area contributed by atoms with Crippen molar-refractivity contribution in [1.29, 1.82) is 0 Å². The van der Waals surface area contributed by atoms with Crippen LogP contribution >= 0.6 is 0 Å². The van der Waals surface area contributed by atoms with Gasteiger partial charge in [-0.1, -0.05) is 0 Å². The average molecular weight is 251 g/mol. The zero-order valence-corrected chi connectivity index (χ0v) is 10.3. The van der Waals surface area contributed by atoms with Crippen LogP contribution in [0.5, 0.6) is 0 Å². The third-order valence-corrected chi connectivity index (χ3v) is 3.19. The Morgan fingerprint density at radius 1 is 1.61 bits per heavy atom. The van der Waals surface area contributed by atoms with Crippen LogP contribution in [0.4, 0.5) is 17.1 Å². The van der Waals surface area contributed by atoms with Crippen LogP contribution in [0.25, 0.3) is 0 Å². The second-order valence-electron chi connectivity index (χ2n) is 4.79. The molecule has 1 aromatic rings. The molecule has 1 atom stereocenters. The van der Waals surface area contributed by atoms with Crippen LogP contribution in [0.15, 0.2) is 18.2 Å². The van der Waals surface area contributed by atoms with Crippen molar-refractivity contribution in [3.8, 4) is 0 Å². The van der Waals surface area contributed by atoms with E-state index in [2.05, 4.69) is 12.2 Å². The predicted octanol–water partition coefficient (Wildman–Crippen LogP) is 2.16. The molecule has 0 aliphatic carbocycles. The maximum absolute atomic E-state index is 10.6. The number of nitrogens with two attached hydrogens (primary N) is 1. The number of nitrogens with zero attached hydrogens (tertiary/aromatic N) is 1. The maximum atomic E-state index is 10.6. The number of nitro benzene ring substituents is 1. The largest absolute Gasteiger partial charge is 0.393 e. The molecule has 1 heterocycles. The van der Waals surface area contributed by atoms with Gasteiger partial charge in [-0.05, 0) is 31.9 Å². The zero-order chi connectivity index (χ0) is 13.2. The number of anilines is 2. The molecule has 0 spiro atoms. The molecule has 6 heteroatoms. The first-order chi connectivity index (χ1) is 8.50. The van der Waals surface area contributed by atoms with E-state index in [0.29, 0.717) is 6.54 Å². The molecule has 98 valence electrons. The second kappa shape index (κ2) is 4.81. The fourth-order valence-electron chi connectivity index (χ4n) is 2.10. The van der Waals surface area contributed by atoms with Gasteiger partial charge >= 0.3 is 0 Å². The Bertz CT molecular complexity index is 456. The van der Waals surface area contributed by atoms with Crippen LogP contribution in [-0.2, 0) is 4.74 Å². The fourth-order valence-corrected chi connectivity index (χ4v) is 2.10. The quantitative estimate of drug-likeness (QED) is 0.486. The molecule has 1 aliphatic heterocycles. The zero-order valence-electron chi connectivity index (χ0n) is 10.3. The van der Waals surface area contributed by atoms with Gasteiger partial charge in [-0.25, -0.2) is 0 Å². The summed E-state index contributed by atoms with van der Waals surface area (Å²) in [6.45, 7) is 3.52. The van der Waals surface area contributed by atoms with Gasteiger partial charge in [0.1, 0.15) is 5.69 Å². The molecule has 1 fully saturated rings. The molecule has 0 amide bonds. The molecule has 6 nitrogen and oxygen atoms in total. The third-order valence-electron chi connectivity index (χ3n) is 3.19. The molecule has 0 bridgehead atoms. The van der Waals surface area contributed by atoms with Gasteiger partial charge in [-0.2, -0.15) is 0 Å². The van der Waals surface area contributed by atoms with E-state index < -0.39 is 4.92 Å². The van der Waals surface area contributed by atoms with E-state index in [4.69, 9.17) is 10.5 Å². The Balaban J connectivity index is 2.02. The summed E-state index contributed by atoms with van der Waals surface area (Å²) >= 11 is 0. The summed E-state index contributed by atoms with van der Waals surface area (Å²) in [7, 11) is 0. The Morgan fingerprint density at radius 3 is 2.94 bits per heavy atom. The van der Waals surface area contributed by atoms with E-state index in [9.17, 15) is 10.1 Å². The molecule has 18 heavy (non-hydrogen) atoms. The molecule has 1 aromatic carbocycles. The minimum atomic E-state index is -0.486. The van der Waals surface area contributed by atoms with Gasteiger partial charge < -0.3 is 15.8 Å². The number of hydrogen-bond donors (Lipinski definition) is 2. The lowest BCUT2D eigenvalue weighted by molar-refractivity contribution is -0.383. The first-order valence-electron chi connectivity index (χ1n) is 5.92. The summed E-state index contributed by atoms with van der Waals surface area (Å²) in [4.78, 5) is 10.2. The number of nitrogens with one attached hydrogen (secondary N) is 1. The lowest BCUT2D eigenvalue weighted by Gasteiger charge is -2.24. The monoisotopic (exact) mass is 251 g/mol. The highest BCUT2D eigenvalue weighted by atomic mass is 16.6. The van der Waals surface area contributed by atoms with E-state index in [0.717, 1.165) is 25.1 Å². The highest BCUT2D eigenvalue weighted by Crippen LogP contribution is 2.28. The van der Waals surface area contributed by atoms with Gasteiger partial charge in [-0.3, -0.25) is 10.1 Å². The van der Waals surface area contributed by atoms with Crippen LogP contribution in [-0.4, -0.2) is 23.7 Å². The lowest BCUT2D eigenvalue weighted by atomic mass is 10.0. The summed E-state index contributed by atoms with van der Waals surface area (Å²) < 4.78 is 5.65. The van der Waals surface area contributed by atoms with Gasteiger partial charge in [0.15, 0.2) is 0 Å². The molecular weight excluding hydrogens is 234 g/mol. The van der Waals surface area contributed by atoms with Crippen molar-refractivity contribution in [3.63, 3.8) is 0 Å². The Morgan fingerprint density at radius 2 is 2.39 bits per heavy atom. The van der Waals surface area contributed by atoms with E-state index >= 15 is 0 Å². The molecule has 1 saturated heterocycles. The second-order valence-corrected chi connectivity index (χ2v) is 4.79. The van der Waals surface area contributed by atoms with Crippen molar-refractivity contribution in [2.24, 2.45) is 0 Å². The molecule has 0 aromatic heterocycles. The highest BCUT2D eigenvalue weighted by molar-refractivity contribution is 5.65. The summed E-state index contributed by atoms with van der Waals surface area (Å²) in [5.74, 6) is 0. The van der Waals surface area contributed by atoms with Gasteiger partial charge in [0.2, 0.25) is 0 Å². The molecule has 1 aliphatic rings. The average Bonchev–Trinajstić information content (AvgIpc) is 2.74. The van der Waals surface area contributed by atoms with Gasteiger partial charge in [0, 0.05) is 24.9 Å². The standard InChI is InChI=1S/C12H17N3O3/c1-12(5-2-6-18-12)8-14-9-3-4-11(15(16)17)10(13)7-9/h3-4,7,14H,2,5-6,8,13H2,1H3. The fraction of sp³-hybridized carbons (Fsp3) is 0.500. The Hall–Kier alpha value is -1.82. The van der Waals surface area contributed by atoms with Crippen molar-refractivity contribution < 1.29 is 9.66 Å². The smallest absolute Gasteiger partial charge is 0.292 e. The summed E-state index contributed by atoms with van der Waals surface area (Å²) in [6, 6.07) is 4.65. The van der Waals surface area contributed by atoms with Crippen LogP contribution in [0, 0.1) is 10.1 Å². The topological polar surface area (TPSA) is 90.4 Å². The minimum Gasteiger partial charge on any atom is -0.393 e. The first kappa shape index (κ1) is 12.6. The molecule has 1 unspecified atom stereocenters. The van der Waals surface area contributed by atoms with Crippen LogP contribution in [0.2, 0.25) is 0 Å². The van der Waals surface area contributed by atoms with Crippen LogP contribution < -0.4 is 11.1 Å². The van der Waals surface area contributed by atoms with E-state index in [-0.39, 0.29) is 17.0 Å². The minimum absolute atomic E-state index is 0.0659. The lowest BCUT2D eigenvalue weighted by Crippen LogP contribution is -2.32. The Kier molecular flexibility index (Phi) is 3.38. The van der Waals surface area contributed by atoms with Gasteiger partial charge in [-0.15, -0.1) is 0 Å². The van der Waals surface area contributed by atoms with Gasteiger partial charge in [0.25, 0.3) is 5.69 Å². The first-order valence-corrected chi connectivity index (χ1v) is 5.92. The highest BCUT2D eigenvalue weighted by Gasteiger charge is 2.29. The molecule has 2 rings (SSSR count). The summed E-state index contributed by atoms with van der Waals surface area (Å²) in [6.07, 6.45) is 2.09. The summed E-state index contributed by atoms with van der Waals surface area (Å²) in [5, 5.41) is 13.8. The number of hydrogen-bond acceptors (Lipinski definition) is 5. The molecule has 0 saturated carbocycles. The number of ether oxygens (including phenoxy) is 1. The third kappa shape index (κ3) is 2.70. The number of benzene rings is 1. The Labute approximate surface area is 105 Å². The summed E-state index contributed by atoms with van der Waals surface area (Å²) in [5.41, 5.74) is 6.35. The van der Waals surface area contributed by atoms with Crippen molar-refractivity contribution in [3.05, 3.63) is 28.3 Å². The van der Waals surface area contributed by atoms with Crippen molar-refractivity contribution in [2.75, 3.05) is 24.2 Å². The normalized spacial score (nSPS) is 22.9. The molecule has 0 radical (unpaired) electrons. The predicted molar refractivity (Wildman–Crippen MR) is 69.6 cm³/mol. The number of nitrogen functional groups attached to an aromatic ring is 1. The van der Waals surface area contributed by atoms with Crippen molar-refractivity contribution in [2.45, 2.75) is 25.4 Å². The van der Waals surface area contributed by atoms with Crippen molar-refractivity contribution >= 4 is 17.1 Å². The maximum Gasteiger partial charge on any atom is 0.292 e. The van der Waals surface area contributed by atoms with Crippen LogP contribution in [0.3, 0.4) is 0 Å². The van der Waals surface area contributed by atoms with Crippen molar-refractivity contribution in [1.82, 2.24) is 0 Å². The number of rotatable bonds is 4.